The molecule has 0 aliphatic carbocycles. The average molecular weight is 813 g/mol. The number of esters is 2. The number of cyclic esters (lactones) is 2. The van der Waals surface area contributed by atoms with Crippen LogP contribution in [0.25, 0.3) is 0 Å². The highest BCUT2D eigenvalue weighted by Crippen LogP contribution is 2.30. The van der Waals surface area contributed by atoms with Crippen molar-refractivity contribution < 1.29 is 57.5 Å². The highest BCUT2D eigenvalue weighted by Gasteiger charge is 2.37. The van der Waals surface area contributed by atoms with Crippen LogP contribution in [0.1, 0.15) is 107 Å². The number of aliphatic hydroxyl groups excluding tert-OH is 1. The van der Waals surface area contributed by atoms with Crippen LogP contribution >= 0.6 is 0 Å². The molecule has 2 saturated heterocycles. The van der Waals surface area contributed by atoms with Crippen LogP contribution in [0.5, 0.6) is 11.5 Å². The van der Waals surface area contributed by atoms with Gasteiger partial charge in [-0.25, -0.2) is 19.2 Å². The van der Waals surface area contributed by atoms with Gasteiger partial charge in [0.05, 0.1) is 0 Å². The summed E-state index contributed by atoms with van der Waals surface area (Å²) in [6.07, 6.45) is 2.00. The minimum atomic E-state index is -0.806. The summed E-state index contributed by atoms with van der Waals surface area (Å²) in [4.78, 5) is 60.8. The first kappa shape index (κ1) is 47.5. The van der Waals surface area contributed by atoms with Gasteiger partial charge >= 0.3 is 24.1 Å². The number of aldehydes is 1. The van der Waals surface area contributed by atoms with Crippen molar-refractivity contribution >= 4 is 30.4 Å². The second-order valence-corrected chi connectivity index (χ2v) is 16.8. The number of amides is 2. The van der Waals surface area contributed by atoms with Crippen molar-refractivity contribution in [3.63, 3.8) is 0 Å². The zero-order chi connectivity index (χ0) is 42.9. The van der Waals surface area contributed by atoms with E-state index in [4.69, 9.17) is 28.4 Å². The van der Waals surface area contributed by atoms with Gasteiger partial charge in [-0.15, -0.1) is 0 Å². The topological polar surface area (TPSA) is 185 Å². The molecule has 0 saturated carbocycles. The standard InChI is InChI=1S/C22H33NO6.C22H31NO6/c2*1-15-19(28-17-10-6-5-7-11-17)16(13-14-24)9-8-12-18(20(25)27-15)23-21(26)29-22(2,3)4/h5-7,10-11,15-16,18-19,24H,8-9,12-14H2,1-4H3,(H,23,26);5-7,10-11,14-16,18-19H,8-9,12-13H2,1-4H3,(H,23,26)/t2*15-,16+,18-,19-/m00/s1. The molecule has 322 valence electrons. The second kappa shape index (κ2) is 22.9. The number of ether oxygens (including phenoxy) is 6. The van der Waals surface area contributed by atoms with Gasteiger partial charge in [0.1, 0.15) is 65.5 Å². The number of hydrogen-bond acceptors (Lipinski definition) is 12. The van der Waals surface area contributed by atoms with Crippen LogP contribution < -0.4 is 20.1 Å². The van der Waals surface area contributed by atoms with E-state index in [1.807, 2.05) is 60.7 Å². The van der Waals surface area contributed by atoms with E-state index in [2.05, 4.69) is 10.6 Å². The zero-order valence-electron chi connectivity index (χ0n) is 35.3. The minimum Gasteiger partial charge on any atom is -0.486 e. The Morgan fingerprint density at radius 2 is 1.09 bits per heavy atom. The number of carbonyl (C=O) groups excluding carboxylic acids is 5. The van der Waals surface area contributed by atoms with Gasteiger partial charge < -0.3 is 49.0 Å². The van der Waals surface area contributed by atoms with Gasteiger partial charge in [0.2, 0.25) is 0 Å². The summed E-state index contributed by atoms with van der Waals surface area (Å²) < 4.78 is 34.1. The Bertz CT molecular complexity index is 1580. The maximum Gasteiger partial charge on any atom is 0.408 e. The summed E-state index contributed by atoms with van der Waals surface area (Å²) in [6, 6.07) is 17.0. The second-order valence-electron chi connectivity index (χ2n) is 16.8. The number of carbonyl (C=O) groups is 5. The monoisotopic (exact) mass is 812 g/mol. The van der Waals surface area contributed by atoms with E-state index in [-0.39, 0.29) is 18.4 Å². The molecule has 0 radical (unpaired) electrons. The molecule has 0 bridgehead atoms. The molecule has 2 aliphatic rings. The van der Waals surface area contributed by atoms with E-state index < -0.39 is 71.8 Å². The predicted octanol–water partition coefficient (Wildman–Crippen LogP) is 7.09. The zero-order valence-corrected chi connectivity index (χ0v) is 35.3. The van der Waals surface area contributed by atoms with Crippen molar-refractivity contribution in [2.24, 2.45) is 11.8 Å². The van der Waals surface area contributed by atoms with Crippen molar-refractivity contribution in [1.29, 1.82) is 0 Å². The molecule has 4 rings (SSSR count). The molecule has 0 spiro atoms. The molecule has 14 nitrogen and oxygen atoms in total. The molecule has 0 unspecified atom stereocenters. The highest BCUT2D eigenvalue weighted by atomic mass is 16.6. The number of para-hydroxylation sites is 2. The van der Waals surface area contributed by atoms with E-state index in [1.165, 1.54) is 0 Å². The maximum atomic E-state index is 12.7. The van der Waals surface area contributed by atoms with Crippen LogP contribution in [0, 0.1) is 11.8 Å². The molecule has 3 N–H and O–H groups in total. The molecule has 2 aromatic rings. The minimum absolute atomic E-state index is 0.0169. The van der Waals surface area contributed by atoms with Gasteiger partial charge in [-0.3, -0.25) is 0 Å². The largest absolute Gasteiger partial charge is 0.486 e. The molecule has 8 atom stereocenters. The third-order valence-electron chi connectivity index (χ3n) is 9.47. The molecule has 14 heteroatoms. The van der Waals surface area contributed by atoms with E-state index in [1.54, 1.807) is 55.4 Å². The number of hydrogen-bond donors (Lipinski definition) is 3. The smallest absolute Gasteiger partial charge is 0.408 e. The Hall–Kier alpha value is -4.85. The fraction of sp³-hybridized carbons (Fsp3) is 0.614. The average Bonchev–Trinajstić information content (AvgIpc) is 3.21. The summed E-state index contributed by atoms with van der Waals surface area (Å²) in [5.41, 5.74) is -1.32. The van der Waals surface area contributed by atoms with Crippen molar-refractivity contribution in [2.75, 3.05) is 6.61 Å². The van der Waals surface area contributed by atoms with Crippen molar-refractivity contribution in [2.45, 2.75) is 154 Å². The number of alkyl carbamates (subject to hydrolysis) is 2. The van der Waals surface area contributed by atoms with Gasteiger partial charge in [-0.1, -0.05) is 49.2 Å². The van der Waals surface area contributed by atoms with Gasteiger partial charge in [0.25, 0.3) is 0 Å². The SMILES string of the molecule is C[C@@H]1OC(=O)[C@@H](NC(=O)OC(C)(C)C)CCC[C@H](CC=O)[C@H]1Oc1ccccc1.C[C@@H]1OC(=O)[C@@H](NC(=O)OC(C)(C)C)CCC[C@H](CCO)[C@H]1Oc1ccccc1. The van der Waals surface area contributed by atoms with Crippen LogP contribution in [-0.2, 0) is 33.3 Å². The van der Waals surface area contributed by atoms with Crippen LogP contribution in [0.15, 0.2) is 60.7 Å². The van der Waals surface area contributed by atoms with Crippen molar-refractivity contribution in [1.82, 2.24) is 10.6 Å². The lowest BCUT2D eigenvalue weighted by atomic mass is 9.89. The van der Waals surface area contributed by atoms with Crippen molar-refractivity contribution in [3.05, 3.63) is 60.7 Å². The first-order valence-electron chi connectivity index (χ1n) is 20.3. The van der Waals surface area contributed by atoms with Gasteiger partial charge in [0, 0.05) is 24.9 Å². The predicted molar refractivity (Wildman–Crippen MR) is 216 cm³/mol. The van der Waals surface area contributed by atoms with Gasteiger partial charge in [0.15, 0.2) is 0 Å². The first-order valence-corrected chi connectivity index (χ1v) is 20.3. The molecule has 2 amide bonds. The highest BCUT2D eigenvalue weighted by molar-refractivity contribution is 5.82. The Kier molecular flexibility index (Phi) is 18.8. The molecule has 0 aromatic heterocycles. The fourth-order valence-electron chi connectivity index (χ4n) is 6.87. The fourth-order valence-corrected chi connectivity index (χ4v) is 6.87. The molecule has 2 aromatic carbocycles. The molecule has 2 aliphatic heterocycles. The van der Waals surface area contributed by atoms with E-state index >= 15 is 0 Å². The summed E-state index contributed by atoms with van der Waals surface area (Å²) in [5.74, 6) is 0.218. The van der Waals surface area contributed by atoms with Crippen molar-refractivity contribution in [3.8, 4) is 11.5 Å². The van der Waals surface area contributed by atoms with E-state index in [9.17, 15) is 29.1 Å². The molecule has 58 heavy (non-hydrogen) atoms. The Morgan fingerprint density at radius 1 is 0.690 bits per heavy atom. The van der Waals surface area contributed by atoms with Gasteiger partial charge in [-0.05, 0) is 112 Å². The number of nitrogens with one attached hydrogen (secondary N) is 2. The third kappa shape index (κ3) is 16.9. The summed E-state index contributed by atoms with van der Waals surface area (Å²) in [6.45, 7) is 14.1. The molecular weight excluding hydrogens is 748 g/mol. The van der Waals surface area contributed by atoms with Crippen LogP contribution in [0.3, 0.4) is 0 Å². The molecule has 2 fully saturated rings. The summed E-state index contributed by atoms with van der Waals surface area (Å²) in [7, 11) is 0. The Balaban J connectivity index is 0.000000310. The number of aliphatic hydroxyl groups is 1. The normalized spacial score (nSPS) is 25.7. The molecule has 2 heterocycles. The maximum absolute atomic E-state index is 12.7. The van der Waals surface area contributed by atoms with Gasteiger partial charge in [-0.2, -0.15) is 0 Å². The van der Waals surface area contributed by atoms with Crippen LogP contribution in [0.4, 0.5) is 9.59 Å². The quantitative estimate of drug-likeness (QED) is 0.126. The molecular formula is C44H64N2O12. The Labute approximate surface area is 343 Å². The lowest BCUT2D eigenvalue weighted by molar-refractivity contribution is -0.157. The third-order valence-corrected chi connectivity index (χ3v) is 9.47. The summed E-state index contributed by atoms with van der Waals surface area (Å²) >= 11 is 0. The first-order chi connectivity index (χ1) is 27.4. The number of rotatable bonds is 10. The van der Waals surface area contributed by atoms with E-state index in [0.717, 1.165) is 12.7 Å². The van der Waals surface area contributed by atoms with Crippen LogP contribution in [-0.4, -0.2) is 89.8 Å². The van der Waals surface area contributed by atoms with Crippen LogP contribution in [0.2, 0.25) is 0 Å². The summed E-state index contributed by atoms with van der Waals surface area (Å²) in [5, 5.41) is 14.7. The lowest BCUT2D eigenvalue weighted by Gasteiger charge is -2.31. The number of benzene rings is 2. The Morgan fingerprint density at radius 3 is 1.47 bits per heavy atom. The lowest BCUT2D eigenvalue weighted by Crippen LogP contribution is -2.46. The van der Waals surface area contributed by atoms with E-state index in [0.29, 0.717) is 56.4 Å².